The van der Waals surface area contributed by atoms with Gasteiger partial charge in [-0.25, -0.2) is 0 Å². The highest BCUT2D eigenvalue weighted by molar-refractivity contribution is 5.95. The van der Waals surface area contributed by atoms with Gasteiger partial charge in [-0.2, -0.15) is 0 Å². The molecule has 2 aromatic rings. The second-order valence-corrected chi connectivity index (χ2v) is 13.1. The first-order chi connectivity index (χ1) is 22.3. The van der Waals surface area contributed by atoms with Crippen molar-refractivity contribution in [1.29, 1.82) is 0 Å². The summed E-state index contributed by atoms with van der Waals surface area (Å²) in [6.45, 7) is 2.40. The van der Waals surface area contributed by atoms with Crippen LogP contribution in [0.15, 0.2) is 48.5 Å². The maximum absolute atomic E-state index is 14.5. The summed E-state index contributed by atoms with van der Waals surface area (Å²) in [6, 6.07) is 13.2. The van der Waals surface area contributed by atoms with Gasteiger partial charge in [-0.05, 0) is 93.7 Å². The molecule has 2 fully saturated rings. The van der Waals surface area contributed by atoms with Crippen LogP contribution in [0.1, 0.15) is 85.8 Å². The van der Waals surface area contributed by atoms with Gasteiger partial charge in [-0.3, -0.25) is 19.2 Å². The van der Waals surface area contributed by atoms with E-state index in [4.69, 9.17) is 4.74 Å². The molecule has 10 heteroatoms. The Hall–Kier alpha value is -3.92. The Balaban J connectivity index is 1.36. The molecule has 248 valence electrons. The largest absolute Gasteiger partial charge is 0.497 e. The van der Waals surface area contributed by atoms with Crippen LogP contribution in [-0.4, -0.2) is 73.9 Å². The van der Waals surface area contributed by atoms with Crippen LogP contribution in [0.2, 0.25) is 0 Å². The Bertz CT molecular complexity index is 1390. The van der Waals surface area contributed by atoms with Crippen molar-refractivity contribution >= 4 is 23.6 Å². The Morgan fingerprint density at radius 3 is 2.52 bits per heavy atom. The number of likely N-dealkylation sites (tertiary alicyclic amines) is 1. The number of aryl methyl sites for hydroxylation is 1. The quantitative estimate of drug-likeness (QED) is 0.301. The van der Waals surface area contributed by atoms with Crippen molar-refractivity contribution in [2.24, 2.45) is 11.8 Å². The van der Waals surface area contributed by atoms with Crippen LogP contribution in [0.3, 0.4) is 0 Å². The van der Waals surface area contributed by atoms with E-state index >= 15 is 0 Å². The highest BCUT2D eigenvalue weighted by Crippen LogP contribution is 2.33. The molecule has 1 saturated heterocycles. The van der Waals surface area contributed by atoms with E-state index in [0.29, 0.717) is 30.8 Å². The molecule has 1 aliphatic heterocycles. The zero-order valence-electron chi connectivity index (χ0n) is 27.3. The minimum Gasteiger partial charge on any atom is -0.497 e. The number of hydrogen-bond acceptors (Lipinski definition) is 6. The molecule has 1 saturated carbocycles. The van der Waals surface area contributed by atoms with Crippen molar-refractivity contribution in [1.82, 2.24) is 26.2 Å². The van der Waals surface area contributed by atoms with Crippen molar-refractivity contribution in [3.63, 3.8) is 0 Å². The Kier molecular flexibility index (Phi) is 11.3. The van der Waals surface area contributed by atoms with Crippen molar-refractivity contribution in [2.75, 3.05) is 27.2 Å². The number of hydrogen-bond donors (Lipinski definition) is 4. The summed E-state index contributed by atoms with van der Waals surface area (Å²) in [7, 11) is 3.27. The monoisotopic (exact) mass is 631 g/mol. The molecule has 0 radical (unpaired) electrons. The predicted molar refractivity (Wildman–Crippen MR) is 176 cm³/mol. The third-order valence-corrected chi connectivity index (χ3v) is 10.1. The van der Waals surface area contributed by atoms with E-state index in [1.807, 2.05) is 12.1 Å². The summed E-state index contributed by atoms with van der Waals surface area (Å²) in [5.74, 6) is -0.399. The number of rotatable bonds is 11. The molecule has 0 spiro atoms. The molecule has 3 aliphatic rings. The smallest absolute Gasteiger partial charge is 0.251 e. The number of carbonyl (C=O) groups excluding carboxylic acids is 4. The summed E-state index contributed by atoms with van der Waals surface area (Å²) >= 11 is 0. The fourth-order valence-corrected chi connectivity index (χ4v) is 7.27. The number of likely N-dealkylation sites (N-methyl/N-ethyl adjacent to an activating group) is 1. The molecule has 0 bridgehead atoms. The lowest BCUT2D eigenvalue weighted by Gasteiger charge is -2.35. The van der Waals surface area contributed by atoms with Gasteiger partial charge in [-0.1, -0.05) is 49.6 Å². The molecule has 2 aromatic carbocycles. The molecule has 10 nitrogen and oxygen atoms in total. The Labute approximate surface area is 272 Å². The molecular weight excluding hydrogens is 582 g/mol. The number of fused-ring (bicyclic) bond motifs is 1. The average molecular weight is 632 g/mol. The van der Waals surface area contributed by atoms with Crippen LogP contribution in [0.5, 0.6) is 5.75 Å². The van der Waals surface area contributed by atoms with Gasteiger partial charge < -0.3 is 30.9 Å². The zero-order chi connectivity index (χ0) is 32.6. The van der Waals surface area contributed by atoms with Crippen LogP contribution in [0.25, 0.3) is 0 Å². The number of amides is 4. The molecular formula is C36H49N5O5. The standard InChI is InChI=1S/C36H49N5O5/c1-23(37-2)33(42)40-32(26-12-5-4-6-13-26)36(45)41-22-24(21-38-34(43)27-15-9-16-28(20-27)46-3)19-31(41)35(44)39-30-18-10-14-25-11-7-8-17-29(25)30/h7-9,11,15-17,20,23-24,26,30-32,37H,4-6,10,12-14,18-19,21-22H2,1-3H3,(H,38,43)(H,39,44)(H,40,42)/t23-,24?,30+,31-,32-/m0/s1. The van der Waals surface area contributed by atoms with E-state index in [1.54, 1.807) is 50.2 Å². The second-order valence-electron chi connectivity index (χ2n) is 13.1. The molecule has 1 heterocycles. The fourth-order valence-electron chi connectivity index (χ4n) is 7.27. The van der Waals surface area contributed by atoms with E-state index < -0.39 is 18.1 Å². The van der Waals surface area contributed by atoms with Gasteiger partial charge in [0.1, 0.15) is 17.8 Å². The predicted octanol–water partition coefficient (Wildman–Crippen LogP) is 3.51. The number of benzene rings is 2. The van der Waals surface area contributed by atoms with Crippen LogP contribution in [-0.2, 0) is 20.8 Å². The van der Waals surface area contributed by atoms with Crippen LogP contribution in [0.4, 0.5) is 0 Å². The molecule has 2 aliphatic carbocycles. The highest BCUT2D eigenvalue weighted by Gasteiger charge is 2.44. The molecule has 0 aromatic heterocycles. The van der Waals surface area contributed by atoms with E-state index in [9.17, 15) is 19.2 Å². The number of carbonyl (C=O) groups is 4. The van der Waals surface area contributed by atoms with Crippen molar-refractivity contribution in [3.05, 3.63) is 65.2 Å². The van der Waals surface area contributed by atoms with Gasteiger partial charge in [0.15, 0.2) is 0 Å². The fraction of sp³-hybridized carbons (Fsp3) is 0.556. The highest BCUT2D eigenvalue weighted by atomic mass is 16.5. The van der Waals surface area contributed by atoms with E-state index in [-0.39, 0.29) is 41.5 Å². The first kappa shape index (κ1) is 33.4. The molecule has 5 rings (SSSR count). The van der Waals surface area contributed by atoms with Gasteiger partial charge >= 0.3 is 0 Å². The number of ether oxygens (including phenoxy) is 1. The third kappa shape index (κ3) is 7.89. The van der Waals surface area contributed by atoms with Gasteiger partial charge in [-0.15, -0.1) is 0 Å². The summed E-state index contributed by atoms with van der Waals surface area (Å²) in [5.41, 5.74) is 2.86. The number of nitrogens with zero attached hydrogens (tertiary/aromatic N) is 1. The normalized spacial score (nSPS) is 22.7. The third-order valence-electron chi connectivity index (χ3n) is 10.1. The van der Waals surface area contributed by atoms with Crippen molar-refractivity contribution < 1.29 is 23.9 Å². The van der Waals surface area contributed by atoms with Crippen molar-refractivity contribution in [3.8, 4) is 5.75 Å². The second kappa shape index (κ2) is 15.6. The Morgan fingerprint density at radius 2 is 1.76 bits per heavy atom. The van der Waals surface area contributed by atoms with Crippen LogP contribution < -0.4 is 26.0 Å². The van der Waals surface area contributed by atoms with Crippen molar-refractivity contribution in [2.45, 2.75) is 88.9 Å². The summed E-state index contributed by atoms with van der Waals surface area (Å²) < 4.78 is 5.27. The minimum atomic E-state index is -0.709. The lowest BCUT2D eigenvalue weighted by molar-refractivity contribution is -0.143. The average Bonchev–Trinajstić information content (AvgIpc) is 3.54. The first-order valence-corrected chi connectivity index (χ1v) is 16.9. The van der Waals surface area contributed by atoms with Crippen LogP contribution >= 0.6 is 0 Å². The van der Waals surface area contributed by atoms with E-state index in [0.717, 1.165) is 56.9 Å². The molecule has 4 amide bonds. The van der Waals surface area contributed by atoms with Gasteiger partial charge in [0.2, 0.25) is 17.7 Å². The summed E-state index contributed by atoms with van der Waals surface area (Å²) in [6.07, 6.45) is 8.07. The lowest BCUT2D eigenvalue weighted by atomic mass is 9.83. The Morgan fingerprint density at radius 1 is 0.978 bits per heavy atom. The van der Waals surface area contributed by atoms with Gasteiger partial charge in [0.05, 0.1) is 19.2 Å². The van der Waals surface area contributed by atoms with E-state index in [2.05, 4.69) is 33.4 Å². The van der Waals surface area contributed by atoms with E-state index in [1.165, 1.54) is 5.56 Å². The van der Waals surface area contributed by atoms with Gasteiger partial charge in [0, 0.05) is 18.7 Å². The van der Waals surface area contributed by atoms with Crippen LogP contribution in [0, 0.1) is 11.8 Å². The summed E-state index contributed by atoms with van der Waals surface area (Å²) in [5, 5.41) is 12.3. The molecule has 46 heavy (non-hydrogen) atoms. The lowest BCUT2D eigenvalue weighted by Crippen LogP contribution is -2.58. The zero-order valence-corrected chi connectivity index (χ0v) is 27.3. The molecule has 1 unspecified atom stereocenters. The maximum Gasteiger partial charge on any atom is 0.251 e. The molecule has 4 N–H and O–H groups in total. The SMILES string of the molecule is CN[C@@H](C)C(=O)N[C@H](C(=O)N1CC(CNC(=O)c2cccc(OC)c2)C[C@H]1C(=O)N[C@@H]1CCCc2ccccc21)C1CCCCC1. The number of nitrogens with one attached hydrogen (secondary N) is 4. The van der Waals surface area contributed by atoms with Gasteiger partial charge in [0.25, 0.3) is 5.91 Å². The topological polar surface area (TPSA) is 129 Å². The molecule has 5 atom stereocenters. The maximum atomic E-state index is 14.5. The minimum absolute atomic E-state index is 0.00926. The first-order valence-electron chi connectivity index (χ1n) is 16.9. The number of methoxy groups -OCH3 is 1. The summed E-state index contributed by atoms with van der Waals surface area (Å²) in [4.78, 5) is 56.4.